The topological polar surface area (TPSA) is 44.8 Å². The Morgan fingerprint density at radius 1 is 1.31 bits per heavy atom. The van der Waals surface area contributed by atoms with Gasteiger partial charge in [0.05, 0.1) is 6.04 Å². The predicted octanol–water partition coefficient (Wildman–Crippen LogP) is 3.41. The Bertz CT molecular complexity index is 572. The van der Waals surface area contributed by atoms with Crippen LogP contribution in [-0.4, -0.2) is 67.9 Å². The van der Waals surface area contributed by atoms with Crippen molar-refractivity contribution < 1.29 is 22.7 Å². The van der Waals surface area contributed by atoms with Crippen LogP contribution in [0.2, 0.25) is 0 Å². The highest BCUT2D eigenvalue weighted by atomic mass is 32.1. The third kappa shape index (κ3) is 7.13. The molecule has 0 aromatic carbocycles. The van der Waals surface area contributed by atoms with Gasteiger partial charge in [-0.3, -0.25) is 4.90 Å². The SMILES string of the molecule is Cc1ccc(C(C)NC(=O)N2CCN(CCCOCC(F)(F)F)CC2)s1. The largest absolute Gasteiger partial charge is 0.411 e. The van der Waals surface area contributed by atoms with E-state index in [-0.39, 0.29) is 18.7 Å². The van der Waals surface area contributed by atoms with Crippen LogP contribution in [0.5, 0.6) is 0 Å². The summed E-state index contributed by atoms with van der Waals surface area (Å²) in [6, 6.07) is 3.98. The highest BCUT2D eigenvalue weighted by Crippen LogP contribution is 2.22. The third-order valence-corrected chi connectivity index (χ3v) is 5.40. The fourth-order valence-corrected chi connectivity index (χ4v) is 3.67. The lowest BCUT2D eigenvalue weighted by Gasteiger charge is -2.35. The molecule has 0 spiro atoms. The van der Waals surface area contributed by atoms with E-state index >= 15 is 0 Å². The summed E-state index contributed by atoms with van der Waals surface area (Å²) in [5.74, 6) is 0. The van der Waals surface area contributed by atoms with E-state index in [1.807, 2.05) is 26.0 Å². The molecular weight excluding hydrogens is 367 g/mol. The molecule has 2 amide bonds. The van der Waals surface area contributed by atoms with Gasteiger partial charge in [0.1, 0.15) is 6.61 Å². The zero-order valence-electron chi connectivity index (χ0n) is 15.1. The van der Waals surface area contributed by atoms with E-state index < -0.39 is 12.8 Å². The van der Waals surface area contributed by atoms with E-state index in [1.165, 1.54) is 4.88 Å². The molecule has 1 fully saturated rings. The first-order valence-corrected chi connectivity index (χ1v) is 9.55. The van der Waals surface area contributed by atoms with Crippen molar-refractivity contribution in [3.05, 3.63) is 21.9 Å². The van der Waals surface area contributed by atoms with Crippen molar-refractivity contribution in [3.8, 4) is 0 Å². The summed E-state index contributed by atoms with van der Waals surface area (Å²) >= 11 is 1.68. The van der Waals surface area contributed by atoms with Gasteiger partial charge in [0.25, 0.3) is 0 Å². The molecule has 9 heteroatoms. The number of thiophene rings is 1. The lowest BCUT2D eigenvalue weighted by atomic mass is 10.2. The minimum absolute atomic E-state index is 0.0231. The summed E-state index contributed by atoms with van der Waals surface area (Å²) in [6.07, 6.45) is -3.71. The lowest BCUT2D eigenvalue weighted by Crippen LogP contribution is -2.52. The van der Waals surface area contributed by atoms with Crippen molar-refractivity contribution in [2.75, 3.05) is 45.9 Å². The van der Waals surface area contributed by atoms with Crippen molar-refractivity contribution in [1.29, 1.82) is 0 Å². The number of carbonyl (C=O) groups is 1. The smallest absolute Gasteiger partial charge is 0.372 e. The van der Waals surface area contributed by atoms with Gasteiger partial charge in [-0.25, -0.2) is 4.79 Å². The fourth-order valence-electron chi connectivity index (χ4n) is 2.79. The Kier molecular flexibility index (Phi) is 7.72. The van der Waals surface area contributed by atoms with E-state index in [9.17, 15) is 18.0 Å². The van der Waals surface area contributed by atoms with E-state index in [2.05, 4.69) is 15.0 Å². The van der Waals surface area contributed by atoms with Crippen LogP contribution in [0.3, 0.4) is 0 Å². The highest BCUT2D eigenvalue weighted by molar-refractivity contribution is 7.12. The van der Waals surface area contributed by atoms with E-state index in [0.29, 0.717) is 26.1 Å². The van der Waals surface area contributed by atoms with Crippen molar-refractivity contribution >= 4 is 17.4 Å². The monoisotopic (exact) mass is 393 g/mol. The Hall–Kier alpha value is -1.32. The molecule has 0 radical (unpaired) electrons. The van der Waals surface area contributed by atoms with Crippen LogP contribution in [0.1, 0.15) is 29.1 Å². The number of rotatable bonds is 7. The summed E-state index contributed by atoms with van der Waals surface area (Å²) < 4.78 is 40.5. The minimum Gasteiger partial charge on any atom is -0.372 e. The molecule has 1 atom stereocenters. The van der Waals surface area contributed by atoms with Gasteiger partial charge in [-0.05, 0) is 32.4 Å². The van der Waals surface area contributed by atoms with Gasteiger partial charge >= 0.3 is 12.2 Å². The molecule has 0 aliphatic carbocycles. The Morgan fingerprint density at radius 3 is 2.58 bits per heavy atom. The second kappa shape index (κ2) is 9.57. The molecule has 2 rings (SSSR count). The molecule has 1 aliphatic heterocycles. The van der Waals surface area contributed by atoms with Gasteiger partial charge in [0.2, 0.25) is 0 Å². The van der Waals surface area contributed by atoms with E-state index in [4.69, 9.17) is 0 Å². The number of urea groups is 1. The maximum absolute atomic E-state index is 12.4. The number of halogens is 3. The number of nitrogens with one attached hydrogen (secondary N) is 1. The average Bonchev–Trinajstić information content (AvgIpc) is 3.00. The molecule has 1 unspecified atom stereocenters. The van der Waals surface area contributed by atoms with Crippen LogP contribution in [-0.2, 0) is 4.74 Å². The summed E-state index contributed by atoms with van der Waals surface area (Å²) in [7, 11) is 0. The van der Waals surface area contributed by atoms with E-state index in [1.54, 1.807) is 16.2 Å². The number of piperazine rings is 1. The van der Waals surface area contributed by atoms with Crippen LogP contribution in [0.4, 0.5) is 18.0 Å². The molecule has 1 N–H and O–H groups in total. The third-order valence-electron chi connectivity index (χ3n) is 4.22. The molecule has 0 bridgehead atoms. The Balaban J connectivity index is 1.62. The van der Waals surface area contributed by atoms with Crippen molar-refractivity contribution in [3.63, 3.8) is 0 Å². The number of aryl methyl sites for hydroxylation is 1. The van der Waals surface area contributed by atoms with Crippen molar-refractivity contribution in [2.45, 2.75) is 32.5 Å². The maximum atomic E-state index is 12.4. The van der Waals surface area contributed by atoms with Gasteiger partial charge in [0, 0.05) is 49.1 Å². The molecule has 0 saturated carbocycles. The van der Waals surface area contributed by atoms with Gasteiger partial charge in [-0.15, -0.1) is 11.3 Å². The van der Waals surface area contributed by atoms with E-state index in [0.717, 1.165) is 18.0 Å². The number of ether oxygens (including phenoxy) is 1. The normalized spacial score (nSPS) is 17.3. The maximum Gasteiger partial charge on any atom is 0.411 e. The average molecular weight is 393 g/mol. The molecule has 26 heavy (non-hydrogen) atoms. The van der Waals surface area contributed by atoms with Crippen LogP contribution >= 0.6 is 11.3 Å². The Morgan fingerprint density at radius 2 is 2.00 bits per heavy atom. The molecule has 1 aromatic heterocycles. The standard InChI is InChI=1S/C17H26F3N3O2S/c1-13-4-5-15(26-13)14(2)21-16(24)23-9-7-22(8-10-23)6-3-11-25-12-17(18,19)20/h4-5,14H,3,6-12H2,1-2H3,(H,21,24). The zero-order chi connectivity index (χ0) is 19.2. The number of amides is 2. The fraction of sp³-hybridized carbons (Fsp3) is 0.706. The van der Waals surface area contributed by atoms with Crippen molar-refractivity contribution in [2.24, 2.45) is 0 Å². The molecular formula is C17H26F3N3O2S. The summed E-state index contributed by atoms with van der Waals surface area (Å²) in [4.78, 5) is 18.6. The number of carbonyl (C=O) groups excluding carboxylic acids is 1. The minimum atomic E-state index is -4.27. The number of hydrogen-bond acceptors (Lipinski definition) is 4. The Labute approximate surface area is 156 Å². The predicted molar refractivity (Wildman–Crippen MR) is 95.5 cm³/mol. The number of alkyl halides is 3. The lowest BCUT2D eigenvalue weighted by molar-refractivity contribution is -0.174. The molecule has 2 heterocycles. The highest BCUT2D eigenvalue weighted by Gasteiger charge is 2.27. The molecule has 148 valence electrons. The van der Waals surface area contributed by atoms with Crippen LogP contribution < -0.4 is 5.32 Å². The quantitative estimate of drug-likeness (QED) is 0.722. The number of nitrogens with zero attached hydrogens (tertiary/aromatic N) is 2. The first-order chi connectivity index (χ1) is 12.2. The number of hydrogen-bond donors (Lipinski definition) is 1. The summed E-state index contributed by atoms with van der Waals surface area (Å²) in [5, 5.41) is 3.02. The first-order valence-electron chi connectivity index (χ1n) is 8.73. The van der Waals surface area contributed by atoms with Gasteiger partial charge in [-0.1, -0.05) is 0 Å². The van der Waals surface area contributed by atoms with Crippen molar-refractivity contribution in [1.82, 2.24) is 15.1 Å². The summed E-state index contributed by atoms with van der Waals surface area (Å²) in [6.45, 7) is 6.27. The molecule has 1 aromatic rings. The van der Waals surface area contributed by atoms with Crippen LogP contribution in [0.15, 0.2) is 12.1 Å². The first kappa shape index (κ1) is 21.0. The molecule has 1 saturated heterocycles. The van der Waals surface area contributed by atoms with Crippen LogP contribution in [0.25, 0.3) is 0 Å². The van der Waals surface area contributed by atoms with Gasteiger partial charge in [-0.2, -0.15) is 13.2 Å². The summed E-state index contributed by atoms with van der Waals surface area (Å²) in [5.41, 5.74) is 0. The second-order valence-corrected chi connectivity index (χ2v) is 7.79. The van der Waals surface area contributed by atoms with Gasteiger partial charge < -0.3 is 15.0 Å². The van der Waals surface area contributed by atoms with Gasteiger partial charge in [0.15, 0.2) is 0 Å². The van der Waals surface area contributed by atoms with Crippen LogP contribution in [0, 0.1) is 6.92 Å². The zero-order valence-corrected chi connectivity index (χ0v) is 16.0. The second-order valence-electron chi connectivity index (χ2n) is 6.47. The molecule has 5 nitrogen and oxygen atoms in total. The molecule has 1 aliphatic rings.